The second kappa shape index (κ2) is 4.84. The summed E-state index contributed by atoms with van der Waals surface area (Å²) >= 11 is 7.42. The third-order valence-corrected chi connectivity index (χ3v) is 3.76. The molecule has 0 amide bonds. The van der Waals surface area contributed by atoms with Gasteiger partial charge in [0.05, 0.1) is 18.3 Å². The summed E-state index contributed by atoms with van der Waals surface area (Å²) < 4.78 is 9.48. The number of nitrogens with zero attached hydrogens (tertiary/aromatic N) is 2. The number of nitrogens with two attached hydrogens (primary N) is 1. The molecule has 1 aliphatic heterocycles. The number of rotatable bonds is 3. The zero-order valence-corrected chi connectivity index (χ0v) is 11.2. The van der Waals surface area contributed by atoms with Crippen molar-refractivity contribution in [1.82, 2.24) is 9.59 Å². The van der Waals surface area contributed by atoms with Gasteiger partial charge in [-0.25, -0.2) is 0 Å². The fourth-order valence-electron chi connectivity index (χ4n) is 2.17. The lowest BCUT2D eigenvalue weighted by Gasteiger charge is -2.12. The van der Waals surface area contributed by atoms with Gasteiger partial charge < -0.3 is 10.5 Å². The predicted molar refractivity (Wildman–Crippen MR) is 71.2 cm³/mol. The highest BCUT2D eigenvalue weighted by atomic mass is 35.5. The van der Waals surface area contributed by atoms with Gasteiger partial charge in [-0.1, -0.05) is 16.1 Å². The van der Waals surface area contributed by atoms with Gasteiger partial charge in [-0.05, 0) is 41.2 Å². The molecule has 1 aromatic heterocycles. The minimum absolute atomic E-state index is 0.171. The van der Waals surface area contributed by atoms with Crippen LogP contribution in [0.1, 0.15) is 22.9 Å². The maximum atomic E-state index is 6.12. The summed E-state index contributed by atoms with van der Waals surface area (Å²) in [7, 11) is 0. The number of ether oxygens (including phenoxy) is 1. The van der Waals surface area contributed by atoms with E-state index in [1.807, 2.05) is 17.5 Å². The fourth-order valence-corrected chi connectivity index (χ4v) is 2.95. The van der Waals surface area contributed by atoms with E-state index in [0.717, 1.165) is 35.1 Å². The summed E-state index contributed by atoms with van der Waals surface area (Å²) in [5.74, 6) is 0.943. The van der Waals surface area contributed by atoms with Crippen molar-refractivity contribution >= 4 is 23.1 Å². The monoisotopic (exact) mass is 281 g/mol. The van der Waals surface area contributed by atoms with Crippen LogP contribution in [0.15, 0.2) is 17.5 Å². The standard InChI is InChI=1S/C12H12ClN3OS/c13-9-3-7-1-2-17-12(7)8(4-9)5-10(14)11-6-18-16-15-11/h3-4,6,10H,1-2,5,14H2. The van der Waals surface area contributed by atoms with Gasteiger partial charge in [-0.3, -0.25) is 0 Å². The number of halogens is 1. The topological polar surface area (TPSA) is 61.0 Å². The molecule has 0 aliphatic carbocycles. The molecule has 6 heteroatoms. The maximum absolute atomic E-state index is 6.12. The van der Waals surface area contributed by atoms with Gasteiger partial charge in [-0.15, -0.1) is 5.10 Å². The molecule has 0 fully saturated rings. The van der Waals surface area contributed by atoms with Crippen LogP contribution in [0.4, 0.5) is 0 Å². The number of benzene rings is 1. The minimum atomic E-state index is -0.171. The first kappa shape index (κ1) is 11.9. The molecule has 0 spiro atoms. The van der Waals surface area contributed by atoms with Gasteiger partial charge in [0.2, 0.25) is 0 Å². The van der Waals surface area contributed by atoms with Gasteiger partial charge in [0.1, 0.15) is 5.75 Å². The Hall–Kier alpha value is -1.17. The van der Waals surface area contributed by atoms with Gasteiger partial charge in [0.15, 0.2) is 0 Å². The Bertz CT molecular complexity index is 559. The van der Waals surface area contributed by atoms with Crippen molar-refractivity contribution in [3.63, 3.8) is 0 Å². The van der Waals surface area contributed by atoms with Crippen molar-refractivity contribution in [3.8, 4) is 5.75 Å². The lowest BCUT2D eigenvalue weighted by molar-refractivity contribution is 0.352. The van der Waals surface area contributed by atoms with Gasteiger partial charge in [-0.2, -0.15) is 0 Å². The van der Waals surface area contributed by atoms with E-state index in [9.17, 15) is 0 Å². The van der Waals surface area contributed by atoms with Crippen molar-refractivity contribution < 1.29 is 4.74 Å². The van der Waals surface area contributed by atoms with E-state index in [4.69, 9.17) is 22.1 Å². The largest absolute Gasteiger partial charge is 0.493 e. The molecule has 1 unspecified atom stereocenters. The molecule has 1 atom stereocenters. The van der Waals surface area contributed by atoms with Crippen LogP contribution in [0.5, 0.6) is 5.75 Å². The van der Waals surface area contributed by atoms with E-state index in [1.165, 1.54) is 17.1 Å². The SMILES string of the molecule is NC(Cc1cc(Cl)cc2c1OCC2)c1csnn1. The minimum Gasteiger partial charge on any atom is -0.493 e. The van der Waals surface area contributed by atoms with E-state index in [-0.39, 0.29) is 6.04 Å². The highest BCUT2D eigenvalue weighted by Crippen LogP contribution is 2.34. The van der Waals surface area contributed by atoms with Crippen molar-refractivity contribution in [3.05, 3.63) is 39.4 Å². The molecule has 2 heterocycles. The van der Waals surface area contributed by atoms with E-state index >= 15 is 0 Å². The van der Waals surface area contributed by atoms with Crippen LogP contribution < -0.4 is 10.5 Å². The van der Waals surface area contributed by atoms with Crippen molar-refractivity contribution in [1.29, 1.82) is 0 Å². The number of hydrogen-bond donors (Lipinski definition) is 1. The second-order valence-corrected chi connectivity index (χ2v) is 5.34. The van der Waals surface area contributed by atoms with E-state index in [1.54, 1.807) is 0 Å². The number of hydrogen-bond acceptors (Lipinski definition) is 5. The van der Waals surface area contributed by atoms with Crippen LogP contribution in [0.2, 0.25) is 5.02 Å². The maximum Gasteiger partial charge on any atom is 0.125 e. The summed E-state index contributed by atoms with van der Waals surface area (Å²) in [5.41, 5.74) is 9.15. The fraction of sp³-hybridized carbons (Fsp3) is 0.333. The molecule has 0 saturated heterocycles. The Morgan fingerprint density at radius 1 is 1.50 bits per heavy atom. The molecule has 0 saturated carbocycles. The second-order valence-electron chi connectivity index (χ2n) is 4.29. The van der Waals surface area contributed by atoms with Gasteiger partial charge in [0.25, 0.3) is 0 Å². The summed E-state index contributed by atoms with van der Waals surface area (Å²) in [5, 5.41) is 6.60. The van der Waals surface area contributed by atoms with E-state index < -0.39 is 0 Å². The number of fused-ring (bicyclic) bond motifs is 1. The summed E-state index contributed by atoms with van der Waals surface area (Å²) in [6.07, 6.45) is 1.57. The Morgan fingerprint density at radius 2 is 2.39 bits per heavy atom. The lowest BCUT2D eigenvalue weighted by atomic mass is 10.0. The molecule has 18 heavy (non-hydrogen) atoms. The van der Waals surface area contributed by atoms with E-state index in [0.29, 0.717) is 6.42 Å². The Balaban J connectivity index is 1.89. The van der Waals surface area contributed by atoms with Crippen molar-refractivity contribution in [2.24, 2.45) is 5.73 Å². The quantitative estimate of drug-likeness (QED) is 0.938. The molecule has 4 nitrogen and oxygen atoms in total. The molecular weight excluding hydrogens is 270 g/mol. The highest BCUT2D eigenvalue weighted by molar-refractivity contribution is 7.03. The van der Waals surface area contributed by atoms with Crippen molar-refractivity contribution in [2.45, 2.75) is 18.9 Å². The summed E-state index contributed by atoms with van der Waals surface area (Å²) in [6.45, 7) is 0.718. The Labute approximate surface area is 114 Å². The average Bonchev–Trinajstić information content (AvgIpc) is 2.98. The summed E-state index contributed by atoms with van der Waals surface area (Å²) in [4.78, 5) is 0. The smallest absolute Gasteiger partial charge is 0.125 e. The average molecular weight is 282 g/mol. The predicted octanol–water partition coefficient (Wildman–Crippen LogP) is 2.37. The molecule has 1 aromatic carbocycles. The molecule has 2 aromatic rings. The van der Waals surface area contributed by atoms with Gasteiger partial charge >= 0.3 is 0 Å². The zero-order valence-electron chi connectivity index (χ0n) is 9.60. The molecule has 1 aliphatic rings. The van der Waals surface area contributed by atoms with Crippen LogP contribution >= 0.6 is 23.1 Å². The molecule has 0 radical (unpaired) electrons. The molecule has 2 N–H and O–H groups in total. The zero-order chi connectivity index (χ0) is 12.5. The Kier molecular flexibility index (Phi) is 3.20. The van der Waals surface area contributed by atoms with Gasteiger partial charge in [0, 0.05) is 16.8 Å². The van der Waals surface area contributed by atoms with Crippen LogP contribution in [0.3, 0.4) is 0 Å². The van der Waals surface area contributed by atoms with E-state index in [2.05, 4.69) is 9.59 Å². The molecule has 3 rings (SSSR count). The highest BCUT2D eigenvalue weighted by Gasteiger charge is 2.20. The summed E-state index contributed by atoms with van der Waals surface area (Å²) in [6, 6.07) is 3.71. The first-order valence-corrected chi connectivity index (χ1v) is 6.92. The Morgan fingerprint density at radius 3 is 3.17 bits per heavy atom. The molecule has 0 bridgehead atoms. The van der Waals surface area contributed by atoms with Crippen LogP contribution in [-0.2, 0) is 12.8 Å². The van der Waals surface area contributed by atoms with Crippen LogP contribution in [0, 0.1) is 0 Å². The third-order valence-electron chi connectivity index (χ3n) is 3.02. The van der Waals surface area contributed by atoms with Crippen molar-refractivity contribution in [2.75, 3.05) is 6.61 Å². The first-order valence-electron chi connectivity index (χ1n) is 5.70. The molecular formula is C12H12ClN3OS. The number of aromatic nitrogens is 2. The van der Waals surface area contributed by atoms with Crippen LogP contribution in [0.25, 0.3) is 0 Å². The molecule has 94 valence electrons. The van der Waals surface area contributed by atoms with Crippen LogP contribution in [-0.4, -0.2) is 16.2 Å². The third kappa shape index (κ3) is 2.21. The first-order chi connectivity index (χ1) is 8.74. The lowest BCUT2D eigenvalue weighted by Crippen LogP contribution is -2.14. The normalized spacial score (nSPS) is 15.2.